The number of rotatable bonds is 5. The normalized spacial score (nSPS) is 18.0. The van der Waals surface area contributed by atoms with E-state index in [1.165, 1.54) is 4.90 Å². The molecule has 0 saturated carbocycles. The second-order valence-electron chi connectivity index (χ2n) is 4.89. The van der Waals surface area contributed by atoms with Gasteiger partial charge in [0, 0.05) is 10.6 Å². The number of urea groups is 1. The van der Waals surface area contributed by atoms with E-state index in [2.05, 4.69) is 5.32 Å². The highest BCUT2D eigenvalue weighted by Gasteiger charge is 2.37. The van der Waals surface area contributed by atoms with Gasteiger partial charge in [0.25, 0.3) is 5.91 Å². The van der Waals surface area contributed by atoms with Crippen molar-refractivity contribution in [2.75, 3.05) is 0 Å². The van der Waals surface area contributed by atoms with E-state index in [0.717, 1.165) is 6.42 Å². The van der Waals surface area contributed by atoms with Crippen LogP contribution in [-0.2, 0) is 11.3 Å². The summed E-state index contributed by atoms with van der Waals surface area (Å²) in [6.07, 6.45) is 1.46. The molecule has 0 aliphatic carbocycles. The summed E-state index contributed by atoms with van der Waals surface area (Å²) in [4.78, 5) is 25.5. The van der Waals surface area contributed by atoms with Gasteiger partial charge >= 0.3 is 6.03 Å². The lowest BCUT2D eigenvalue weighted by Crippen LogP contribution is -2.31. The molecule has 0 radical (unpaired) electrons. The van der Waals surface area contributed by atoms with E-state index < -0.39 is 6.04 Å². The molecule has 5 nitrogen and oxygen atoms in total. The maximum Gasteiger partial charge on any atom is 0.325 e. The lowest BCUT2D eigenvalue weighted by atomic mass is 10.1. The number of nitrogens with one attached hydrogen (secondary N) is 1. The van der Waals surface area contributed by atoms with Gasteiger partial charge in [0.1, 0.15) is 11.0 Å². The van der Waals surface area contributed by atoms with E-state index in [0.29, 0.717) is 22.6 Å². The van der Waals surface area contributed by atoms with Crippen LogP contribution in [0.15, 0.2) is 18.2 Å². The number of halogens is 1. The Morgan fingerprint density at radius 2 is 2.19 bits per heavy atom. The third kappa shape index (κ3) is 3.33. The summed E-state index contributed by atoms with van der Waals surface area (Å²) in [7, 11) is 0. The lowest BCUT2D eigenvalue weighted by Gasteiger charge is -2.14. The predicted molar refractivity (Wildman–Crippen MR) is 85.1 cm³/mol. The van der Waals surface area contributed by atoms with Crippen molar-refractivity contribution in [3.63, 3.8) is 0 Å². The fraction of sp³-hybridized carbons (Fsp3) is 0.357. The topological polar surface area (TPSA) is 75.4 Å². The molecular weight excluding hydrogens is 310 g/mol. The molecule has 1 aromatic rings. The first-order valence-electron chi connectivity index (χ1n) is 6.64. The molecule has 1 heterocycles. The van der Waals surface area contributed by atoms with Gasteiger partial charge in [-0.2, -0.15) is 0 Å². The van der Waals surface area contributed by atoms with Crippen molar-refractivity contribution < 1.29 is 9.59 Å². The zero-order valence-electron chi connectivity index (χ0n) is 11.6. The van der Waals surface area contributed by atoms with Gasteiger partial charge in [-0.1, -0.05) is 49.3 Å². The number of hydrogen-bond acceptors (Lipinski definition) is 3. The maximum absolute atomic E-state index is 12.2. The van der Waals surface area contributed by atoms with Crippen molar-refractivity contribution in [3.05, 3.63) is 34.3 Å². The Kier molecular flexibility index (Phi) is 4.80. The van der Waals surface area contributed by atoms with Gasteiger partial charge in [0.05, 0.1) is 6.54 Å². The van der Waals surface area contributed by atoms with E-state index in [4.69, 9.17) is 29.6 Å². The molecule has 1 aliphatic heterocycles. The van der Waals surface area contributed by atoms with Crippen LogP contribution >= 0.6 is 23.8 Å². The molecule has 1 aromatic carbocycles. The highest BCUT2D eigenvalue weighted by atomic mass is 35.5. The number of carbonyl (C=O) groups is 2. The van der Waals surface area contributed by atoms with Crippen molar-refractivity contribution in [2.24, 2.45) is 5.73 Å². The highest BCUT2D eigenvalue weighted by Crippen LogP contribution is 2.22. The standard InChI is InChI=1S/C14H16ClN3O2S/c1-2-3-11-13(19)18(14(20)17-11)7-9-5-4-8(12(16)21)6-10(9)15/h4-6,11H,2-3,7H2,1H3,(H2,16,21)(H,17,20). The van der Waals surface area contributed by atoms with Crippen LogP contribution in [0.5, 0.6) is 0 Å². The van der Waals surface area contributed by atoms with E-state index in [1.807, 2.05) is 6.92 Å². The first kappa shape index (κ1) is 15.7. The first-order chi connectivity index (χ1) is 9.93. The molecule has 7 heteroatoms. The lowest BCUT2D eigenvalue weighted by molar-refractivity contribution is -0.128. The molecule has 0 spiro atoms. The Morgan fingerprint density at radius 3 is 2.76 bits per heavy atom. The highest BCUT2D eigenvalue weighted by molar-refractivity contribution is 7.80. The quantitative estimate of drug-likeness (QED) is 0.643. The fourth-order valence-electron chi connectivity index (χ4n) is 2.21. The average Bonchev–Trinajstić information content (AvgIpc) is 2.68. The molecule has 3 N–H and O–H groups in total. The molecule has 0 bridgehead atoms. The summed E-state index contributed by atoms with van der Waals surface area (Å²) >= 11 is 11.0. The molecule has 21 heavy (non-hydrogen) atoms. The fourth-order valence-corrected chi connectivity index (χ4v) is 2.58. The number of thiocarbonyl (C=S) groups is 1. The molecule has 112 valence electrons. The van der Waals surface area contributed by atoms with Crippen molar-refractivity contribution in [2.45, 2.75) is 32.4 Å². The van der Waals surface area contributed by atoms with Crippen molar-refractivity contribution >= 4 is 40.7 Å². The van der Waals surface area contributed by atoms with E-state index >= 15 is 0 Å². The van der Waals surface area contributed by atoms with Gasteiger partial charge in [-0.25, -0.2) is 4.79 Å². The molecule has 1 aliphatic rings. The van der Waals surface area contributed by atoms with Gasteiger partial charge in [-0.3, -0.25) is 9.69 Å². The van der Waals surface area contributed by atoms with Crippen LogP contribution in [-0.4, -0.2) is 27.9 Å². The van der Waals surface area contributed by atoms with Crippen LogP contribution in [0.25, 0.3) is 0 Å². The van der Waals surface area contributed by atoms with Crippen LogP contribution in [0.1, 0.15) is 30.9 Å². The minimum atomic E-state index is -0.433. The van der Waals surface area contributed by atoms with Crippen molar-refractivity contribution in [1.82, 2.24) is 10.2 Å². The summed E-state index contributed by atoms with van der Waals surface area (Å²) in [6, 6.07) is 4.28. The number of nitrogens with zero attached hydrogens (tertiary/aromatic N) is 1. The Morgan fingerprint density at radius 1 is 1.48 bits per heavy atom. The predicted octanol–water partition coefficient (Wildman–Crippen LogP) is 2.19. The summed E-state index contributed by atoms with van der Waals surface area (Å²) in [5.41, 5.74) is 6.87. The summed E-state index contributed by atoms with van der Waals surface area (Å²) in [6.45, 7) is 2.11. The SMILES string of the molecule is CCCC1NC(=O)N(Cc2ccc(C(N)=S)cc2Cl)C1=O. The van der Waals surface area contributed by atoms with Gasteiger partial charge in [0.15, 0.2) is 0 Å². The molecule has 1 saturated heterocycles. The van der Waals surface area contributed by atoms with Gasteiger partial charge in [-0.15, -0.1) is 0 Å². The smallest absolute Gasteiger partial charge is 0.325 e. The zero-order chi connectivity index (χ0) is 15.6. The number of carbonyl (C=O) groups excluding carboxylic acids is 2. The number of nitrogens with two attached hydrogens (primary N) is 1. The number of amides is 3. The second-order valence-corrected chi connectivity index (χ2v) is 5.73. The summed E-state index contributed by atoms with van der Waals surface area (Å²) in [5, 5.41) is 3.11. The van der Waals surface area contributed by atoms with Gasteiger partial charge < -0.3 is 11.1 Å². The van der Waals surface area contributed by atoms with E-state index in [9.17, 15) is 9.59 Å². The second kappa shape index (κ2) is 6.41. The Bertz CT molecular complexity index is 606. The third-order valence-electron chi connectivity index (χ3n) is 3.35. The third-order valence-corrected chi connectivity index (χ3v) is 3.94. The molecule has 1 atom stereocenters. The average molecular weight is 326 g/mol. The number of benzene rings is 1. The Balaban J connectivity index is 2.16. The van der Waals surface area contributed by atoms with Gasteiger partial charge in [0.2, 0.25) is 0 Å². The van der Waals surface area contributed by atoms with Crippen molar-refractivity contribution in [3.8, 4) is 0 Å². The molecule has 2 rings (SSSR count). The van der Waals surface area contributed by atoms with Crippen molar-refractivity contribution in [1.29, 1.82) is 0 Å². The largest absolute Gasteiger partial charge is 0.389 e. The molecular formula is C14H16ClN3O2S. The molecule has 1 fully saturated rings. The Labute approximate surface area is 133 Å². The summed E-state index contributed by atoms with van der Waals surface area (Å²) in [5.74, 6) is -0.212. The number of imide groups is 1. The molecule has 3 amide bonds. The Hall–Kier alpha value is -1.66. The van der Waals surface area contributed by atoms with Crippen LogP contribution in [0.3, 0.4) is 0 Å². The molecule has 1 unspecified atom stereocenters. The minimum absolute atomic E-state index is 0.140. The number of hydrogen-bond donors (Lipinski definition) is 2. The first-order valence-corrected chi connectivity index (χ1v) is 7.42. The van der Waals surface area contributed by atoms with Crippen LogP contribution < -0.4 is 11.1 Å². The van der Waals surface area contributed by atoms with Crippen LogP contribution in [0.2, 0.25) is 5.02 Å². The minimum Gasteiger partial charge on any atom is -0.389 e. The monoisotopic (exact) mass is 325 g/mol. The summed E-state index contributed by atoms with van der Waals surface area (Å²) < 4.78 is 0. The molecule has 0 aromatic heterocycles. The van der Waals surface area contributed by atoms with Crippen LogP contribution in [0, 0.1) is 0 Å². The van der Waals surface area contributed by atoms with Crippen LogP contribution in [0.4, 0.5) is 4.79 Å². The van der Waals surface area contributed by atoms with E-state index in [-0.39, 0.29) is 23.5 Å². The van der Waals surface area contributed by atoms with E-state index in [1.54, 1.807) is 18.2 Å². The maximum atomic E-state index is 12.2. The van der Waals surface area contributed by atoms with Gasteiger partial charge in [-0.05, 0) is 18.1 Å². The zero-order valence-corrected chi connectivity index (χ0v) is 13.1.